The van der Waals surface area contributed by atoms with Gasteiger partial charge in [-0.25, -0.2) is 0 Å². The Morgan fingerprint density at radius 1 is 1.46 bits per heavy atom. The second-order valence-corrected chi connectivity index (χ2v) is 5.10. The molecule has 1 aromatic rings. The Morgan fingerprint density at radius 3 is 2.92 bits per heavy atom. The van der Waals surface area contributed by atoms with Crippen molar-refractivity contribution in [3.8, 4) is 5.75 Å². The highest BCUT2D eigenvalue weighted by atomic mass is 127. The molecule has 1 rings (SSSR count). The minimum absolute atomic E-state index is 0.760. The van der Waals surface area contributed by atoms with E-state index in [-0.39, 0.29) is 0 Å². The molecule has 0 aliphatic rings. The zero-order valence-corrected chi connectivity index (χ0v) is 11.8. The van der Waals surface area contributed by atoms with Gasteiger partial charge in [0.25, 0.3) is 0 Å². The standard InChI is InChI=1S/C9H9BrIOSi/c10-7-2-3-8(11)9(6-7)12-4-1-5-13/h2-3,6H,1,4-5H2. The molecule has 1 nitrogen and oxygen atoms in total. The number of hydrogen-bond acceptors (Lipinski definition) is 1. The molecule has 0 aliphatic heterocycles. The Labute approximate surface area is 104 Å². The first-order valence-electron chi connectivity index (χ1n) is 3.96. The number of rotatable bonds is 4. The van der Waals surface area contributed by atoms with Gasteiger partial charge in [-0.2, -0.15) is 0 Å². The zero-order chi connectivity index (χ0) is 9.68. The van der Waals surface area contributed by atoms with Crippen molar-refractivity contribution in [2.45, 2.75) is 12.5 Å². The molecule has 0 bridgehead atoms. The van der Waals surface area contributed by atoms with Crippen molar-refractivity contribution in [2.24, 2.45) is 0 Å². The predicted molar refractivity (Wildman–Crippen MR) is 67.5 cm³/mol. The summed E-state index contributed by atoms with van der Waals surface area (Å²) in [6.07, 6.45) is 1.03. The average molecular weight is 368 g/mol. The highest BCUT2D eigenvalue weighted by Gasteiger charge is 2.00. The lowest BCUT2D eigenvalue weighted by Gasteiger charge is -2.07. The molecule has 0 aliphatic carbocycles. The third-order valence-corrected chi connectivity index (χ3v) is 3.21. The smallest absolute Gasteiger partial charge is 0.133 e. The summed E-state index contributed by atoms with van der Waals surface area (Å²) in [5.74, 6) is 0.954. The van der Waals surface area contributed by atoms with E-state index in [9.17, 15) is 0 Å². The maximum atomic E-state index is 5.59. The van der Waals surface area contributed by atoms with Crippen LogP contribution >= 0.6 is 38.5 Å². The number of ether oxygens (including phenoxy) is 1. The first kappa shape index (κ1) is 11.5. The largest absolute Gasteiger partial charge is 0.492 e. The quantitative estimate of drug-likeness (QED) is 0.450. The zero-order valence-electron chi connectivity index (χ0n) is 7.02. The molecule has 0 unspecified atom stereocenters. The maximum Gasteiger partial charge on any atom is 0.133 e. The molecule has 0 aromatic heterocycles. The van der Waals surface area contributed by atoms with Gasteiger partial charge in [0.05, 0.1) is 10.2 Å². The molecular formula is C9H9BrIOSi. The van der Waals surface area contributed by atoms with E-state index in [0.29, 0.717) is 0 Å². The van der Waals surface area contributed by atoms with E-state index in [1.54, 1.807) is 0 Å². The van der Waals surface area contributed by atoms with Crippen molar-refractivity contribution in [2.75, 3.05) is 6.61 Å². The second kappa shape index (κ2) is 6.03. The lowest BCUT2D eigenvalue weighted by atomic mass is 10.3. The molecule has 0 atom stereocenters. The van der Waals surface area contributed by atoms with E-state index in [4.69, 9.17) is 4.74 Å². The van der Waals surface area contributed by atoms with Crippen LogP contribution in [-0.4, -0.2) is 16.8 Å². The highest BCUT2D eigenvalue weighted by Crippen LogP contribution is 2.25. The van der Waals surface area contributed by atoms with Crippen molar-refractivity contribution < 1.29 is 4.74 Å². The van der Waals surface area contributed by atoms with E-state index in [0.717, 1.165) is 32.9 Å². The topological polar surface area (TPSA) is 9.23 Å². The molecule has 0 saturated heterocycles. The van der Waals surface area contributed by atoms with Crippen molar-refractivity contribution in [1.29, 1.82) is 0 Å². The fraction of sp³-hybridized carbons (Fsp3) is 0.333. The van der Waals surface area contributed by atoms with Crippen molar-refractivity contribution in [3.63, 3.8) is 0 Å². The van der Waals surface area contributed by atoms with Crippen LogP contribution in [0.5, 0.6) is 5.75 Å². The first-order chi connectivity index (χ1) is 6.24. The first-order valence-corrected chi connectivity index (χ1v) is 6.54. The summed E-state index contributed by atoms with van der Waals surface area (Å²) in [4.78, 5) is 0. The van der Waals surface area contributed by atoms with Crippen LogP contribution in [0.15, 0.2) is 22.7 Å². The third-order valence-electron chi connectivity index (χ3n) is 1.47. The van der Waals surface area contributed by atoms with Crippen LogP contribution < -0.4 is 4.74 Å². The average Bonchev–Trinajstić information content (AvgIpc) is 2.11. The van der Waals surface area contributed by atoms with Crippen molar-refractivity contribution in [1.82, 2.24) is 0 Å². The molecule has 4 heteroatoms. The number of hydrogen-bond donors (Lipinski definition) is 0. The van der Waals surface area contributed by atoms with Gasteiger partial charge < -0.3 is 4.74 Å². The summed E-state index contributed by atoms with van der Waals surface area (Å²) in [5, 5.41) is 0. The Kier molecular flexibility index (Phi) is 5.34. The Hall–Kier alpha value is 0.447. The van der Waals surface area contributed by atoms with E-state index < -0.39 is 0 Å². The SMILES string of the molecule is [Si]CCCOc1cc(Br)ccc1I. The Morgan fingerprint density at radius 2 is 2.23 bits per heavy atom. The monoisotopic (exact) mass is 367 g/mol. The lowest BCUT2D eigenvalue weighted by Crippen LogP contribution is -1.98. The molecule has 13 heavy (non-hydrogen) atoms. The van der Waals surface area contributed by atoms with Gasteiger partial charge in [0, 0.05) is 14.7 Å². The van der Waals surface area contributed by atoms with Gasteiger partial charge in [0.1, 0.15) is 5.75 Å². The van der Waals surface area contributed by atoms with Crippen LogP contribution in [0.25, 0.3) is 0 Å². The summed E-state index contributed by atoms with van der Waals surface area (Å²) in [7, 11) is 3.41. The van der Waals surface area contributed by atoms with Gasteiger partial charge in [0.2, 0.25) is 0 Å². The third kappa shape index (κ3) is 3.99. The maximum absolute atomic E-state index is 5.59. The summed E-state index contributed by atoms with van der Waals surface area (Å²) >= 11 is 5.68. The Balaban J connectivity index is 2.59. The van der Waals surface area contributed by atoms with E-state index in [2.05, 4.69) is 48.8 Å². The number of benzene rings is 1. The minimum Gasteiger partial charge on any atom is -0.492 e. The molecule has 69 valence electrons. The molecule has 0 heterocycles. The van der Waals surface area contributed by atoms with Gasteiger partial charge in [-0.1, -0.05) is 22.0 Å². The van der Waals surface area contributed by atoms with Gasteiger partial charge >= 0.3 is 0 Å². The van der Waals surface area contributed by atoms with E-state index in [1.165, 1.54) is 0 Å². The van der Waals surface area contributed by atoms with Crippen LogP contribution in [0.2, 0.25) is 6.04 Å². The van der Waals surface area contributed by atoms with Gasteiger partial charge in [-0.05, 0) is 47.2 Å². The van der Waals surface area contributed by atoms with Crippen LogP contribution in [0.4, 0.5) is 0 Å². The normalized spacial score (nSPS) is 10.1. The molecule has 0 saturated carbocycles. The molecule has 0 amide bonds. The molecule has 0 fully saturated rings. The van der Waals surface area contributed by atoms with Gasteiger partial charge in [-0.3, -0.25) is 0 Å². The van der Waals surface area contributed by atoms with Crippen molar-refractivity contribution >= 4 is 48.8 Å². The van der Waals surface area contributed by atoms with Gasteiger partial charge in [0.15, 0.2) is 0 Å². The highest BCUT2D eigenvalue weighted by molar-refractivity contribution is 14.1. The fourth-order valence-electron chi connectivity index (χ4n) is 0.842. The molecule has 1 aromatic carbocycles. The molecule has 0 spiro atoms. The molecule has 0 N–H and O–H groups in total. The van der Waals surface area contributed by atoms with Crippen LogP contribution in [0.3, 0.4) is 0 Å². The van der Waals surface area contributed by atoms with E-state index in [1.807, 2.05) is 18.2 Å². The van der Waals surface area contributed by atoms with Crippen LogP contribution in [0, 0.1) is 3.57 Å². The summed E-state index contributed by atoms with van der Waals surface area (Å²) in [6, 6.07) is 7.02. The number of halogens is 2. The van der Waals surface area contributed by atoms with Crippen LogP contribution in [-0.2, 0) is 0 Å². The van der Waals surface area contributed by atoms with Crippen LogP contribution in [0.1, 0.15) is 6.42 Å². The summed E-state index contributed by atoms with van der Waals surface area (Å²) in [6.45, 7) is 0.760. The van der Waals surface area contributed by atoms with E-state index >= 15 is 0 Å². The Bertz CT molecular complexity index is 280. The minimum atomic E-state index is 0.760. The molecule has 3 radical (unpaired) electrons. The summed E-state index contributed by atoms with van der Waals surface area (Å²) in [5.41, 5.74) is 0. The predicted octanol–water partition coefficient (Wildman–Crippen LogP) is 3.41. The lowest BCUT2D eigenvalue weighted by molar-refractivity contribution is 0.315. The van der Waals surface area contributed by atoms with Crippen molar-refractivity contribution in [3.05, 3.63) is 26.2 Å². The summed E-state index contributed by atoms with van der Waals surface area (Å²) < 4.78 is 7.79. The molecular weight excluding hydrogens is 359 g/mol. The second-order valence-electron chi connectivity index (χ2n) is 2.53. The fourth-order valence-corrected chi connectivity index (χ4v) is 1.82. The van der Waals surface area contributed by atoms with Gasteiger partial charge in [-0.15, -0.1) is 0 Å².